The van der Waals surface area contributed by atoms with E-state index in [0.717, 1.165) is 12.0 Å². The summed E-state index contributed by atoms with van der Waals surface area (Å²) in [6.45, 7) is 3.74. The molecule has 0 aliphatic carbocycles. The predicted molar refractivity (Wildman–Crippen MR) is 70.0 cm³/mol. The first kappa shape index (κ1) is 12.8. The number of alkyl halides is 1. The summed E-state index contributed by atoms with van der Waals surface area (Å²) >= 11 is 5.18. The summed E-state index contributed by atoms with van der Waals surface area (Å²) in [5.41, 5.74) is 2.39. The number of benzene rings is 1. The van der Waals surface area contributed by atoms with Gasteiger partial charge >= 0.3 is 0 Å². The summed E-state index contributed by atoms with van der Waals surface area (Å²) in [5.74, 6) is 0.156. The molecule has 0 aromatic heterocycles. The van der Waals surface area contributed by atoms with Gasteiger partial charge in [0.1, 0.15) is 5.78 Å². The average Bonchev–Trinajstić information content (AvgIpc) is 2.26. The van der Waals surface area contributed by atoms with Crippen LogP contribution in [0.1, 0.15) is 29.8 Å². The number of halogens is 1. The van der Waals surface area contributed by atoms with Crippen molar-refractivity contribution in [3.05, 3.63) is 29.3 Å². The van der Waals surface area contributed by atoms with Crippen molar-refractivity contribution in [1.82, 2.24) is 0 Å². The molecule has 0 amide bonds. The normalized spacial score (nSPS) is 12.5. The highest BCUT2D eigenvalue weighted by Crippen LogP contribution is 2.32. The fraction of sp³-hybridized carbons (Fsp3) is 0.417. The quantitative estimate of drug-likeness (QED) is 0.615. The van der Waals surface area contributed by atoms with Crippen LogP contribution in [0.2, 0.25) is 0 Å². The van der Waals surface area contributed by atoms with Crippen LogP contribution in [0.4, 0.5) is 0 Å². The van der Waals surface area contributed by atoms with E-state index in [1.807, 2.05) is 12.1 Å². The smallest absolute Gasteiger partial charge is 0.147 e. The Kier molecular flexibility index (Phi) is 4.87. The van der Waals surface area contributed by atoms with Crippen LogP contribution in [0.15, 0.2) is 23.1 Å². The molecule has 0 fully saturated rings. The predicted octanol–water partition coefficient (Wildman–Crippen LogP) is 4.00. The molecule has 0 radical (unpaired) electrons. The monoisotopic (exact) mass is 286 g/mol. The Bertz CT molecular complexity index is 363. The van der Waals surface area contributed by atoms with Gasteiger partial charge in [-0.3, -0.25) is 4.79 Å². The highest BCUT2D eigenvalue weighted by molar-refractivity contribution is 9.09. The van der Waals surface area contributed by atoms with Gasteiger partial charge in [0, 0.05) is 4.90 Å². The minimum absolute atomic E-state index is 0.156. The minimum atomic E-state index is -0.167. The molecule has 0 heterocycles. The SMILES string of the molecule is CCc1c(SC)cccc1C(Br)C(C)=O. The van der Waals surface area contributed by atoms with Crippen LogP contribution in [0.3, 0.4) is 0 Å². The molecule has 0 saturated carbocycles. The van der Waals surface area contributed by atoms with Crippen LogP contribution in [0, 0.1) is 0 Å². The second-order valence-electron chi connectivity index (χ2n) is 3.35. The van der Waals surface area contributed by atoms with Gasteiger partial charge in [-0.15, -0.1) is 11.8 Å². The lowest BCUT2D eigenvalue weighted by atomic mass is 10.0. The molecular weight excluding hydrogens is 272 g/mol. The van der Waals surface area contributed by atoms with Crippen molar-refractivity contribution in [3.63, 3.8) is 0 Å². The van der Waals surface area contributed by atoms with Crippen LogP contribution >= 0.6 is 27.7 Å². The Hall–Kier alpha value is -0.280. The lowest BCUT2D eigenvalue weighted by molar-refractivity contribution is -0.116. The Morgan fingerprint density at radius 2 is 2.20 bits per heavy atom. The molecule has 82 valence electrons. The average molecular weight is 287 g/mol. The summed E-state index contributed by atoms with van der Waals surface area (Å²) < 4.78 is 0. The zero-order valence-corrected chi connectivity index (χ0v) is 11.6. The molecule has 3 heteroatoms. The van der Waals surface area contributed by atoms with Gasteiger partial charge in [0.25, 0.3) is 0 Å². The van der Waals surface area contributed by atoms with Crippen molar-refractivity contribution in [2.45, 2.75) is 30.0 Å². The largest absolute Gasteiger partial charge is 0.298 e. The fourth-order valence-electron chi connectivity index (χ4n) is 1.61. The van der Waals surface area contributed by atoms with Crippen molar-refractivity contribution in [3.8, 4) is 0 Å². The molecule has 1 rings (SSSR count). The summed E-state index contributed by atoms with van der Waals surface area (Å²) in [7, 11) is 0. The lowest BCUT2D eigenvalue weighted by Gasteiger charge is -2.14. The number of carbonyl (C=O) groups is 1. The number of hydrogen-bond donors (Lipinski definition) is 0. The van der Waals surface area contributed by atoms with Gasteiger partial charge in [-0.25, -0.2) is 0 Å². The third-order valence-corrected chi connectivity index (χ3v) is 4.33. The van der Waals surface area contributed by atoms with Gasteiger partial charge in [0.2, 0.25) is 0 Å². The van der Waals surface area contributed by atoms with Crippen molar-refractivity contribution in [1.29, 1.82) is 0 Å². The number of rotatable bonds is 4. The number of ketones is 1. The molecule has 1 nitrogen and oxygen atoms in total. The zero-order valence-electron chi connectivity index (χ0n) is 9.21. The van der Waals surface area contributed by atoms with Gasteiger partial charge < -0.3 is 0 Å². The van der Waals surface area contributed by atoms with Gasteiger partial charge in [-0.2, -0.15) is 0 Å². The number of carbonyl (C=O) groups excluding carboxylic acids is 1. The highest BCUT2D eigenvalue weighted by atomic mass is 79.9. The molecule has 0 aliphatic rings. The number of Topliss-reactive ketones (excluding diaryl/α,β-unsaturated/α-hetero) is 1. The molecule has 0 aliphatic heterocycles. The summed E-state index contributed by atoms with van der Waals surface area (Å²) in [6.07, 6.45) is 3.02. The van der Waals surface area contributed by atoms with E-state index in [4.69, 9.17) is 0 Å². The third-order valence-electron chi connectivity index (χ3n) is 2.37. The Balaban J connectivity index is 3.22. The number of hydrogen-bond acceptors (Lipinski definition) is 2. The van der Waals surface area contributed by atoms with Crippen LogP contribution in [0.5, 0.6) is 0 Å². The lowest BCUT2D eigenvalue weighted by Crippen LogP contribution is -2.05. The van der Waals surface area contributed by atoms with Gasteiger partial charge in [-0.05, 0) is 36.8 Å². The van der Waals surface area contributed by atoms with E-state index < -0.39 is 0 Å². The molecule has 1 unspecified atom stereocenters. The summed E-state index contributed by atoms with van der Waals surface area (Å²) in [4.78, 5) is 12.5. The van der Waals surface area contributed by atoms with Crippen LogP contribution in [-0.4, -0.2) is 12.0 Å². The molecule has 1 aromatic carbocycles. The van der Waals surface area contributed by atoms with Crippen molar-refractivity contribution < 1.29 is 4.79 Å². The van der Waals surface area contributed by atoms with E-state index >= 15 is 0 Å². The molecular formula is C12H15BrOS. The second kappa shape index (κ2) is 5.71. The summed E-state index contributed by atoms with van der Waals surface area (Å²) in [5, 5.41) is 0. The maximum Gasteiger partial charge on any atom is 0.147 e. The number of thioether (sulfide) groups is 1. The molecule has 1 atom stereocenters. The molecule has 0 bridgehead atoms. The van der Waals surface area contributed by atoms with Crippen LogP contribution in [0.25, 0.3) is 0 Å². The van der Waals surface area contributed by atoms with Crippen LogP contribution in [-0.2, 0) is 11.2 Å². The molecule has 0 spiro atoms. The summed E-state index contributed by atoms with van der Waals surface area (Å²) in [6, 6.07) is 6.14. The van der Waals surface area contributed by atoms with E-state index in [9.17, 15) is 4.79 Å². The van der Waals surface area contributed by atoms with Gasteiger partial charge in [0.15, 0.2) is 0 Å². The molecule has 0 saturated heterocycles. The first-order valence-electron chi connectivity index (χ1n) is 4.92. The minimum Gasteiger partial charge on any atom is -0.298 e. The first-order valence-corrected chi connectivity index (χ1v) is 7.06. The van der Waals surface area contributed by atoms with Crippen molar-refractivity contribution in [2.24, 2.45) is 0 Å². The van der Waals surface area contributed by atoms with E-state index in [1.165, 1.54) is 10.5 Å². The molecule has 15 heavy (non-hydrogen) atoms. The van der Waals surface area contributed by atoms with E-state index in [2.05, 4.69) is 35.2 Å². The third kappa shape index (κ3) is 2.85. The Morgan fingerprint density at radius 3 is 2.67 bits per heavy atom. The van der Waals surface area contributed by atoms with E-state index in [-0.39, 0.29) is 10.6 Å². The zero-order chi connectivity index (χ0) is 11.4. The first-order chi connectivity index (χ1) is 7.11. The molecule has 0 N–H and O–H groups in total. The Morgan fingerprint density at radius 1 is 1.53 bits per heavy atom. The molecule has 1 aromatic rings. The van der Waals surface area contributed by atoms with Gasteiger partial charge in [-0.1, -0.05) is 35.0 Å². The van der Waals surface area contributed by atoms with Crippen molar-refractivity contribution in [2.75, 3.05) is 6.26 Å². The second-order valence-corrected chi connectivity index (χ2v) is 5.12. The Labute approximate surface area is 104 Å². The van der Waals surface area contributed by atoms with E-state index in [0.29, 0.717) is 0 Å². The highest BCUT2D eigenvalue weighted by Gasteiger charge is 2.17. The maximum absolute atomic E-state index is 11.4. The van der Waals surface area contributed by atoms with Gasteiger partial charge in [0.05, 0.1) is 4.83 Å². The fourth-order valence-corrected chi connectivity index (χ4v) is 2.76. The van der Waals surface area contributed by atoms with E-state index in [1.54, 1.807) is 18.7 Å². The topological polar surface area (TPSA) is 17.1 Å². The van der Waals surface area contributed by atoms with Crippen molar-refractivity contribution >= 4 is 33.5 Å². The maximum atomic E-state index is 11.4. The standard InChI is InChI=1S/C12H15BrOS/c1-4-9-10(12(13)8(2)14)6-5-7-11(9)15-3/h5-7,12H,4H2,1-3H3. The van der Waals surface area contributed by atoms with Crippen LogP contribution < -0.4 is 0 Å².